The van der Waals surface area contributed by atoms with Crippen LogP contribution in [0.25, 0.3) is 0 Å². The average molecular weight is 310 g/mol. The lowest BCUT2D eigenvalue weighted by atomic mass is 10.2. The molecule has 0 aliphatic carbocycles. The van der Waals surface area contributed by atoms with Crippen molar-refractivity contribution in [2.45, 2.75) is 32.6 Å². The van der Waals surface area contributed by atoms with Crippen LogP contribution < -0.4 is 10.6 Å². The Morgan fingerprint density at radius 3 is 1.95 bits per heavy atom. The van der Waals surface area contributed by atoms with Gasteiger partial charge in [0.2, 0.25) is 0 Å². The van der Waals surface area contributed by atoms with Gasteiger partial charge in [0, 0.05) is 16.4 Å². The Morgan fingerprint density at radius 1 is 0.909 bits per heavy atom. The highest BCUT2D eigenvalue weighted by atomic mass is 31.2. The van der Waals surface area contributed by atoms with E-state index in [9.17, 15) is 4.57 Å². The van der Waals surface area contributed by atoms with Gasteiger partial charge in [0.15, 0.2) is 7.14 Å². The van der Waals surface area contributed by atoms with Gasteiger partial charge in [-0.05, 0) is 18.9 Å². The van der Waals surface area contributed by atoms with Gasteiger partial charge >= 0.3 is 0 Å². The smallest absolute Gasteiger partial charge is 0.171 e. The van der Waals surface area contributed by atoms with E-state index in [1.807, 2.05) is 66.7 Å². The number of hydrogen-bond acceptors (Lipinski definition) is 1. The summed E-state index contributed by atoms with van der Waals surface area (Å²) < 4.78 is 13.6. The van der Waals surface area contributed by atoms with Crippen LogP contribution in [0.4, 0.5) is 0 Å². The predicted molar refractivity (Wildman–Crippen MR) is 96.6 cm³/mol. The highest BCUT2D eigenvalue weighted by molar-refractivity contribution is 7.81. The molecule has 0 atom stereocenters. The molecule has 2 rings (SSSR count). The molecule has 0 bridgehead atoms. The Morgan fingerprint density at radius 2 is 1.45 bits per heavy atom. The molecule has 0 saturated heterocycles. The summed E-state index contributed by atoms with van der Waals surface area (Å²) in [5.74, 6) is 1.77. The minimum Gasteiger partial charge on any atom is -0.309 e. The Kier molecular flexibility index (Phi) is 6.46. The van der Waals surface area contributed by atoms with Gasteiger partial charge < -0.3 is 4.57 Å². The molecule has 0 aliphatic heterocycles. The second-order valence-corrected chi connectivity index (χ2v) is 7.93. The molecule has 0 heterocycles. The summed E-state index contributed by atoms with van der Waals surface area (Å²) in [6.45, 7) is 2.19. The fourth-order valence-electron chi connectivity index (χ4n) is 2.33. The summed E-state index contributed by atoms with van der Waals surface area (Å²) in [6, 6.07) is 19.4. The van der Waals surface area contributed by atoms with Crippen LogP contribution >= 0.6 is 7.14 Å². The summed E-state index contributed by atoms with van der Waals surface area (Å²) in [7, 11) is -2.75. The molecular formula is C20H23OP. The first-order valence-corrected chi connectivity index (χ1v) is 9.68. The Labute approximate surface area is 133 Å². The monoisotopic (exact) mass is 310 g/mol. The zero-order valence-electron chi connectivity index (χ0n) is 13.1. The molecule has 0 fully saturated rings. The van der Waals surface area contributed by atoms with Crippen molar-refractivity contribution in [2.75, 3.05) is 0 Å². The highest BCUT2D eigenvalue weighted by Gasteiger charge is 2.23. The van der Waals surface area contributed by atoms with Crippen molar-refractivity contribution in [1.82, 2.24) is 0 Å². The highest BCUT2D eigenvalue weighted by Crippen LogP contribution is 2.44. The van der Waals surface area contributed by atoms with Crippen molar-refractivity contribution in [3.05, 3.63) is 78.3 Å². The molecule has 0 unspecified atom stereocenters. The topological polar surface area (TPSA) is 17.1 Å². The van der Waals surface area contributed by atoms with E-state index in [1.54, 1.807) is 5.82 Å². The third kappa shape index (κ3) is 4.34. The molecule has 0 N–H and O–H groups in total. The maximum absolute atomic E-state index is 13.6. The number of unbranched alkanes of at least 4 members (excludes halogenated alkanes) is 3. The van der Waals surface area contributed by atoms with Crippen LogP contribution in [0.15, 0.2) is 78.3 Å². The first kappa shape index (κ1) is 16.6. The van der Waals surface area contributed by atoms with E-state index in [-0.39, 0.29) is 0 Å². The van der Waals surface area contributed by atoms with Gasteiger partial charge in [0.1, 0.15) is 0 Å². The van der Waals surface area contributed by atoms with Crippen molar-refractivity contribution in [3.8, 4) is 0 Å². The summed E-state index contributed by atoms with van der Waals surface area (Å²) in [5, 5.41) is 1.71. The Balaban J connectivity index is 2.32. The number of allylic oxidation sites excluding steroid dienone is 1. The molecule has 2 aromatic rings. The van der Waals surface area contributed by atoms with E-state index in [1.165, 1.54) is 12.8 Å². The maximum Gasteiger partial charge on any atom is 0.171 e. The molecule has 2 aromatic carbocycles. The average Bonchev–Trinajstić information content (AvgIpc) is 2.59. The molecule has 1 nitrogen and oxygen atoms in total. The van der Waals surface area contributed by atoms with Crippen LogP contribution in [-0.4, -0.2) is 0 Å². The number of benzene rings is 2. The van der Waals surface area contributed by atoms with Gasteiger partial charge in [-0.2, -0.15) is 0 Å². The fraction of sp³-hybridized carbons (Fsp3) is 0.250. The predicted octanol–water partition coefficient (Wildman–Crippen LogP) is 5.25. The van der Waals surface area contributed by atoms with Gasteiger partial charge in [0.05, 0.1) is 0 Å². The molecule has 0 amide bonds. The minimum absolute atomic E-state index is 0.857. The first-order valence-electron chi connectivity index (χ1n) is 7.90. The zero-order valence-corrected chi connectivity index (χ0v) is 14.0. The number of rotatable bonds is 7. The molecule has 0 aliphatic rings. The lowest BCUT2D eigenvalue weighted by Crippen LogP contribution is -2.13. The van der Waals surface area contributed by atoms with Crippen molar-refractivity contribution in [1.29, 1.82) is 0 Å². The summed E-state index contributed by atoms with van der Waals surface area (Å²) in [6.07, 6.45) is 6.61. The SMILES string of the molecule is CCCCCC=C=CP(=O)(c1ccccc1)c1ccccc1. The van der Waals surface area contributed by atoms with E-state index < -0.39 is 7.14 Å². The molecular weight excluding hydrogens is 287 g/mol. The quantitative estimate of drug-likeness (QED) is 0.388. The Bertz CT molecular complexity index is 624. The van der Waals surface area contributed by atoms with Gasteiger partial charge in [-0.3, -0.25) is 0 Å². The van der Waals surface area contributed by atoms with Crippen molar-refractivity contribution >= 4 is 17.8 Å². The molecule has 0 aromatic heterocycles. The molecule has 2 heteroatoms. The fourth-order valence-corrected chi connectivity index (χ4v) is 4.48. The third-order valence-electron chi connectivity index (χ3n) is 3.61. The maximum atomic E-state index is 13.6. The summed E-state index contributed by atoms with van der Waals surface area (Å²) in [5.41, 5.74) is 3.17. The Hall–Kier alpha value is -1.81. The lowest BCUT2D eigenvalue weighted by molar-refractivity contribution is 0.592. The van der Waals surface area contributed by atoms with Crippen LogP contribution in [-0.2, 0) is 4.57 Å². The normalized spacial score (nSPS) is 10.8. The van der Waals surface area contributed by atoms with Gasteiger partial charge in [0.25, 0.3) is 0 Å². The summed E-state index contributed by atoms with van der Waals surface area (Å²) >= 11 is 0. The summed E-state index contributed by atoms with van der Waals surface area (Å²) in [4.78, 5) is 0. The number of hydrogen-bond donors (Lipinski definition) is 0. The zero-order chi connectivity index (χ0) is 15.7. The van der Waals surface area contributed by atoms with Crippen LogP contribution in [0.2, 0.25) is 0 Å². The minimum atomic E-state index is -2.75. The van der Waals surface area contributed by atoms with Crippen LogP contribution in [0.5, 0.6) is 0 Å². The first-order chi connectivity index (χ1) is 10.8. The molecule has 0 saturated carbocycles. The van der Waals surface area contributed by atoms with Gasteiger partial charge in [-0.1, -0.05) is 80.4 Å². The van der Waals surface area contributed by atoms with Crippen molar-refractivity contribution in [3.63, 3.8) is 0 Å². The largest absolute Gasteiger partial charge is 0.309 e. The molecule has 0 radical (unpaired) electrons. The van der Waals surface area contributed by atoms with Crippen LogP contribution in [0.1, 0.15) is 32.6 Å². The molecule has 0 spiro atoms. The lowest BCUT2D eigenvalue weighted by Gasteiger charge is -2.14. The standard InChI is InChI=1S/C20H23OP/c1-2-3-4-5-6-13-18-22(21,19-14-9-7-10-15-19)20-16-11-8-12-17-20/h6-12,14-18H,2-5H2,1H3. The second kappa shape index (κ2) is 8.59. The molecule has 114 valence electrons. The van der Waals surface area contributed by atoms with E-state index >= 15 is 0 Å². The van der Waals surface area contributed by atoms with Gasteiger partial charge in [-0.15, -0.1) is 5.73 Å². The van der Waals surface area contributed by atoms with E-state index in [4.69, 9.17) is 0 Å². The van der Waals surface area contributed by atoms with E-state index in [0.29, 0.717) is 0 Å². The van der Waals surface area contributed by atoms with E-state index in [2.05, 4.69) is 12.7 Å². The van der Waals surface area contributed by atoms with Crippen LogP contribution in [0, 0.1) is 0 Å². The van der Waals surface area contributed by atoms with Crippen molar-refractivity contribution in [2.24, 2.45) is 0 Å². The van der Waals surface area contributed by atoms with E-state index in [0.717, 1.165) is 23.5 Å². The molecule has 22 heavy (non-hydrogen) atoms. The third-order valence-corrected chi connectivity index (χ3v) is 6.25. The van der Waals surface area contributed by atoms with Crippen molar-refractivity contribution < 1.29 is 4.57 Å². The van der Waals surface area contributed by atoms with Crippen LogP contribution in [0.3, 0.4) is 0 Å². The second-order valence-electron chi connectivity index (χ2n) is 5.32. The van der Waals surface area contributed by atoms with Gasteiger partial charge in [-0.25, -0.2) is 0 Å².